The number of carbonyl (C=O) groups excluding carboxylic acids is 1. The van der Waals surface area contributed by atoms with E-state index in [1.54, 1.807) is 14.2 Å². The van der Waals surface area contributed by atoms with Crippen molar-refractivity contribution in [2.75, 3.05) is 20.4 Å². The molecule has 60 valence electrons. The molecule has 0 aromatic rings. The van der Waals surface area contributed by atoms with Crippen molar-refractivity contribution in [2.24, 2.45) is 0 Å². The first-order valence-corrected chi connectivity index (χ1v) is 4.89. The Morgan fingerprint density at radius 3 is 2.60 bits per heavy atom. The molecule has 0 fully saturated rings. The topological polar surface area (TPSA) is 47.6 Å². The first-order chi connectivity index (χ1) is 4.85. The predicted molar refractivity (Wildman–Crippen MR) is 40.4 cm³/mol. The molecule has 4 nitrogen and oxygen atoms in total. The van der Waals surface area contributed by atoms with Crippen LogP contribution in [0.5, 0.6) is 0 Å². The second kappa shape index (κ2) is 6.72. The average Bonchev–Trinajstić information content (AvgIpc) is 1.99. The Balaban J connectivity index is 3.16. The average molecular weight is 163 g/mol. The van der Waals surface area contributed by atoms with E-state index < -0.39 is 9.52 Å². The fourth-order valence-corrected chi connectivity index (χ4v) is 1.58. The van der Waals surface area contributed by atoms with Gasteiger partial charge in [0.05, 0.1) is 0 Å². The summed E-state index contributed by atoms with van der Waals surface area (Å²) in [7, 11) is 2.73. The molecule has 0 heterocycles. The molecule has 0 bridgehead atoms. The van der Waals surface area contributed by atoms with Gasteiger partial charge in [0.2, 0.25) is 6.41 Å². The van der Waals surface area contributed by atoms with Gasteiger partial charge in [-0.15, -0.1) is 0 Å². The number of nitrogens with one attached hydrogen (secondary N) is 1. The Morgan fingerprint density at radius 2 is 2.20 bits per heavy atom. The summed E-state index contributed by atoms with van der Waals surface area (Å²) < 4.78 is 9.86. The molecular formula is C5H13NO3Si. The van der Waals surface area contributed by atoms with Gasteiger partial charge in [-0.1, -0.05) is 0 Å². The number of hydrogen-bond donors (Lipinski definition) is 1. The van der Waals surface area contributed by atoms with Gasteiger partial charge in [-0.3, -0.25) is 4.79 Å². The summed E-state index contributed by atoms with van der Waals surface area (Å²) in [6.07, 6.45) is 1.41. The minimum atomic E-state index is -0.473. The minimum Gasteiger partial charge on any atom is -0.362 e. The van der Waals surface area contributed by atoms with Crippen LogP contribution in [0.3, 0.4) is 0 Å². The SMILES string of the molecule is COC(OC)[SiH2]CNC=O. The van der Waals surface area contributed by atoms with Crippen molar-refractivity contribution in [1.29, 1.82) is 0 Å². The van der Waals surface area contributed by atoms with Gasteiger partial charge in [-0.2, -0.15) is 0 Å². The van der Waals surface area contributed by atoms with E-state index in [2.05, 4.69) is 5.32 Å². The Labute approximate surface area is 62.7 Å². The molecule has 10 heavy (non-hydrogen) atoms. The molecular weight excluding hydrogens is 150 g/mol. The van der Waals surface area contributed by atoms with Crippen LogP contribution in [0.15, 0.2) is 0 Å². The zero-order valence-corrected chi connectivity index (χ0v) is 7.71. The number of carbonyl (C=O) groups is 1. The predicted octanol–water partition coefficient (Wildman–Crippen LogP) is -1.56. The van der Waals surface area contributed by atoms with Crippen LogP contribution >= 0.6 is 0 Å². The Morgan fingerprint density at radius 1 is 1.60 bits per heavy atom. The van der Waals surface area contributed by atoms with Gasteiger partial charge in [0.25, 0.3) is 0 Å². The maximum absolute atomic E-state index is 9.79. The molecule has 1 amide bonds. The third-order valence-electron chi connectivity index (χ3n) is 1.13. The van der Waals surface area contributed by atoms with E-state index in [1.165, 1.54) is 0 Å². The van der Waals surface area contributed by atoms with E-state index in [9.17, 15) is 4.79 Å². The second-order valence-electron chi connectivity index (χ2n) is 1.76. The van der Waals surface area contributed by atoms with Crippen LogP contribution in [0.1, 0.15) is 0 Å². The van der Waals surface area contributed by atoms with Crippen LogP contribution in [-0.4, -0.2) is 42.2 Å². The highest BCUT2D eigenvalue weighted by Crippen LogP contribution is 1.84. The van der Waals surface area contributed by atoms with E-state index in [-0.39, 0.29) is 5.91 Å². The lowest BCUT2D eigenvalue weighted by Crippen LogP contribution is -2.30. The monoisotopic (exact) mass is 163 g/mol. The van der Waals surface area contributed by atoms with Crippen LogP contribution in [-0.2, 0) is 14.3 Å². The van der Waals surface area contributed by atoms with Crippen LogP contribution in [0, 0.1) is 0 Å². The largest absolute Gasteiger partial charge is 0.362 e. The molecule has 0 atom stereocenters. The fraction of sp³-hybridized carbons (Fsp3) is 0.800. The third kappa shape index (κ3) is 4.48. The lowest BCUT2D eigenvalue weighted by Gasteiger charge is -2.11. The molecule has 1 N–H and O–H groups in total. The highest BCUT2D eigenvalue weighted by Gasteiger charge is 2.03. The molecule has 0 unspecified atom stereocenters. The summed E-state index contributed by atoms with van der Waals surface area (Å²) >= 11 is 0. The molecule has 0 aromatic heterocycles. The molecule has 0 aromatic carbocycles. The molecule has 0 aliphatic carbocycles. The van der Waals surface area contributed by atoms with Crippen molar-refractivity contribution >= 4 is 15.9 Å². The normalized spacial score (nSPS) is 11.1. The maximum Gasteiger partial charge on any atom is 0.206 e. The standard InChI is InChI=1S/C5H13NO3Si/c1-8-5(9-2)10-4-6-3-7/h3,5H,4,10H2,1-2H3,(H,6,7). The lowest BCUT2D eigenvalue weighted by molar-refractivity contribution is -0.109. The molecule has 0 aliphatic rings. The van der Waals surface area contributed by atoms with E-state index in [4.69, 9.17) is 9.47 Å². The van der Waals surface area contributed by atoms with Gasteiger partial charge in [0.15, 0.2) is 0 Å². The summed E-state index contributed by atoms with van der Waals surface area (Å²) in [5.41, 5.74) is 0. The fourth-order valence-electron chi connectivity index (χ4n) is 0.592. The molecule has 0 radical (unpaired) electrons. The minimum absolute atomic E-state index is 0.0764. The molecule has 5 heteroatoms. The zero-order valence-electron chi connectivity index (χ0n) is 6.29. The van der Waals surface area contributed by atoms with E-state index in [1.807, 2.05) is 0 Å². The van der Waals surface area contributed by atoms with Gasteiger partial charge in [-0.05, 0) is 0 Å². The van der Waals surface area contributed by atoms with Crippen molar-refractivity contribution in [1.82, 2.24) is 5.32 Å². The van der Waals surface area contributed by atoms with Crippen molar-refractivity contribution in [3.05, 3.63) is 0 Å². The summed E-state index contributed by atoms with van der Waals surface area (Å²) in [6, 6.07) is 0. The first kappa shape index (κ1) is 9.61. The Bertz CT molecular complexity index is 87.0. The van der Waals surface area contributed by atoms with Gasteiger partial charge >= 0.3 is 0 Å². The molecule has 0 aliphatic heterocycles. The molecule has 0 saturated carbocycles. The summed E-state index contributed by atoms with van der Waals surface area (Å²) in [5.74, 6) is -0.0764. The second-order valence-corrected chi connectivity index (χ2v) is 3.51. The first-order valence-electron chi connectivity index (χ1n) is 3.07. The summed E-state index contributed by atoms with van der Waals surface area (Å²) in [4.78, 5) is 9.79. The van der Waals surface area contributed by atoms with Gasteiger partial charge in [0.1, 0.15) is 15.4 Å². The van der Waals surface area contributed by atoms with E-state index in [0.717, 1.165) is 6.17 Å². The van der Waals surface area contributed by atoms with Crippen molar-refractivity contribution in [2.45, 2.75) is 5.91 Å². The van der Waals surface area contributed by atoms with Crippen molar-refractivity contribution < 1.29 is 14.3 Å². The summed E-state index contributed by atoms with van der Waals surface area (Å²) in [6.45, 7) is 0. The highest BCUT2D eigenvalue weighted by molar-refractivity contribution is 6.37. The molecule has 0 rings (SSSR count). The lowest BCUT2D eigenvalue weighted by atomic mass is 11.2. The van der Waals surface area contributed by atoms with Crippen LogP contribution in [0.4, 0.5) is 0 Å². The zero-order chi connectivity index (χ0) is 7.82. The number of methoxy groups -OCH3 is 2. The van der Waals surface area contributed by atoms with Gasteiger partial charge in [0, 0.05) is 20.4 Å². The van der Waals surface area contributed by atoms with E-state index >= 15 is 0 Å². The third-order valence-corrected chi connectivity index (χ3v) is 2.85. The van der Waals surface area contributed by atoms with Crippen LogP contribution in [0.25, 0.3) is 0 Å². The van der Waals surface area contributed by atoms with Crippen molar-refractivity contribution in [3.8, 4) is 0 Å². The summed E-state index contributed by atoms with van der Waals surface area (Å²) in [5, 5.41) is 2.57. The number of rotatable bonds is 6. The van der Waals surface area contributed by atoms with Gasteiger partial charge < -0.3 is 14.8 Å². The number of amides is 1. The smallest absolute Gasteiger partial charge is 0.206 e. The number of ether oxygens (including phenoxy) is 2. The number of hydrogen-bond acceptors (Lipinski definition) is 3. The van der Waals surface area contributed by atoms with Crippen LogP contribution < -0.4 is 5.32 Å². The molecule has 0 saturated heterocycles. The van der Waals surface area contributed by atoms with E-state index in [0.29, 0.717) is 6.41 Å². The molecule has 0 spiro atoms. The Kier molecular flexibility index (Phi) is 6.46. The quantitative estimate of drug-likeness (QED) is 0.223. The van der Waals surface area contributed by atoms with Gasteiger partial charge in [-0.25, -0.2) is 0 Å². The van der Waals surface area contributed by atoms with Crippen molar-refractivity contribution in [3.63, 3.8) is 0 Å². The maximum atomic E-state index is 9.79. The highest BCUT2D eigenvalue weighted by atomic mass is 28.2. The Hall–Kier alpha value is -0.393. The van der Waals surface area contributed by atoms with Crippen LogP contribution in [0.2, 0.25) is 0 Å².